The molecule has 1 aliphatic heterocycles. The smallest absolute Gasteiger partial charge is 0.320 e. The highest BCUT2D eigenvalue weighted by molar-refractivity contribution is 8.04. The van der Waals surface area contributed by atoms with Crippen molar-refractivity contribution >= 4 is 23.6 Å². The Bertz CT molecular complexity index is 320. The van der Waals surface area contributed by atoms with E-state index >= 15 is 0 Å². The number of thioether (sulfide) groups is 1. The van der Waals surface area contributed by atoms with Crippen molar-refractivity contribution in [1.82, 2.24) is 4.90 Å². The number of ether oxygens (including phenoxy) is 1. The van der Waals surface area contributed by atoms with Crippen LogP contribution in [-0.2, 0) is 14.3 Å². The Morgan fingerprint density at radius 1 is 1.65 bits per heavy atom. The molecule has 0 N–H and O–H groups in total. The SMILES string of the molecule is C=C1SCC(=O)N1CC.CCOC(=O)CC#N. The van der Waals surface area contributed by atoms with Crippen molar-refractivity contribution < 1.29 is 14.3 Å². The van der Waals surface area contributed by atoms with Gasteiger partial charge >= 0.3 is 5.97 Å². The van der Waals surface area contributed by atoms with Crippen LogP contribution in [0.2, 0.25) is 0 Å². The van der Waals surface area contributed by atoms with Crippen molar-refractivity contribution in [3.63, 3.8) is 0 Å². The zero-order valence-corrected chi connectivity index (χ0v) is 10.9. The standard InChI is InChI=1S/C6H9NOS.C5H7NO2/c1-3-7-5(2)9-4-6(7)8;1-2-8-5(7)3-4-6/h2-4H2,1H3;2-3H2,1H3. The molecule has 94 valence electrons. The van der Waals surface area contributed by atoms with Crippen molar-refractivity contribution in [1.29, 1.82) is 5.26 Å². The molecule has 0 saturated carbocycles. The van der Waals surface area contributed by atoms with Crippen LogP contribution < -0.4 is 0 Å². The first-order chi connectivity index (χ1) is 8.06. The van der Waals surface area contributed by atoms with Crippen molar-refractivity contribution in [2.45, 2.75) is 20.3 Å². The molecule has 1 heterocycles. The van der Waals surface area contributed by atoms with Gasteiger partial charge in [-0.3, -0.25) is 9.59 Å². The van der Waals surface area contributed by atoms with E-state index in [1.165, 1.54) is 11.8 Å². The van der Waals surface area contributed by atoms with E-state index in [4.69, 9.17) is 5.26 Å². The third kappa shape index (κ3) is 5.97. The van der Waals surface area contributed by atoms with Crippen LogP contribution in [0, 0.1) is 11.3 Å². The number of esters is 1. The average molecular weight is 256 g/mol. The quantitative estimate of drug-likeness (QED) is 0.716. The van der Waals surface area contributed by atoms with Gasteiger partial charge in [0.25, 0.3) is 0 Å². The van der Waals surface area contributed by atoms with Crippen LogP contribution in [0.25, 0.3) is 0 Å². The lowest BCUT2D eigenvalue weighted by atomic mass is 10.5. The number of amides is 1. The van der Waals surface area contributed by atoms with Crippen molar-refractivity contribution in [2.75, 3.05) is 18.9 Å². The summed E-state index contributed by atoms with van der Waals surface area (Å²) in [4.78, 5) is 22.8. The second-order valence-corrected chi connectivity index (χ2v) is 4.01. The van der Waals surface area contributed by atoms with E-state index in [1.807, 2.05) is 6.92 Å². The summed E-state index contributed by atoms with van der Waals surface area (Å²) >= 11 is 1.52. The van der Waals surface area contributed by atoms with E-state index in [0.29, 0.717) is 12.4 Å². The largest absolute Gasteiger partial charge is 0.465 e. The van der Waals surface area contributed by atoms with Crippen LogP contribution >= 0.6 is 11.8 Å². The van der Waals surface area contributed by atoms with E-state index in [-0.39, 0.29) is 12.3 Å². The van der Waals surface area contributed by atoms with Gasteiger partial charge < -0.3 is 9.64 Å². The second kappa shape index (κ2) is 8.65. The van der Waals surface area contributed by atoms with E-state index in [0.717, 1.165) is 11.6 Å². The molecule has 0 aromatic heterocycles. The zero-order valence-electron chi connectivity index (χ0n) is 10.1. The number of nitrogens with zero attached hydrogens (tertiary/aromatic N) is 2. The minimum atomic E-state index is -0.449. The maximum atomic E-state index is 10.9. The highest BCUT2D eigenvalue weighted by atomic mass is 32.2. The Hall–Kier alpha value is -1.48. The fraction of sp³-hybridized carbons (Fsp3) is 0.545. The van der Waals surface area contributed by atoms with Crippen LogP contribution in [0.3, 0.4) is 0 Å². The van der Waals surface area contributed by atoms with Crippen molar-refractivity contribution in [3.05, 3.63) is 11.6 Å². The first-order valence-corrected chi connectivity index (χ1v) is 6.19. The molecule has 1 amide bonds. The minimum Gasteiger partial charge on any atom is -0.465 e. The first-order valence-electron chi connectivity index (χ1n) is 5.21. The van der Waals surface area contributed by atoms with Gasteiger partial charge in [-0.25, -0.2) is 0 Å². The number of nitriles is 1. The third-order valence-corrected chi connectivity index (χ3v) is 2.75. The molecule has 0 spiro atoms. The maximum absolute atomic E-state index is 10.9. The molecule has 6 heteroatoms. The minimum absolute atomic E-state index is 0.145. The van der Waals surface area contributed by atoms with Crippen LogP contribution in [0.5, 0.6) is 0 Å². The van der Waals surface area contributed by atoms with Crippen molar-refractivity contribution in [3.8, 4) is 6.07 Å². The summed E-state index contributed by atoms with van der Waals surface area (Å²) in [6, 6.07) is 1.68. The van der Waals surface area contributed by atoms with Crippen LogP contribution in [-0.4, -0.2) is 35.7 Å². The van der Waals surface area contributed by atoms with Gasteiger partial charge in [-0.2, -0.15) is 5.26 Å². The predicted octanol–water partition coefficient (Wildman–Crippen LogP) is 1.52. The van der Waals surface area contributed by atoms with E-state index in [2.05, 4.69) is 11.3 Å². The fourth-order valence-electron chi connectivity index (χ4n) is 1.07. The molecule has 0 unspecified atom stereocenters. The molecular weight excluding hydrogens is 240 g/mol. The Morgan fingerprint density at radius 2 is 2.29 bits per heavy atom. The lowest BCUT2D eigenvalue weighted by Crippen LogP contribution is -2.23. The lowest BCUT2D eigenvalue weighted by molar-refractivity contribution is -0.141. The maximum Gasteiger partial charge on any atom is 0.320 e. The first kappa shape index (κ1) is 15.5. The molecule has 17 heavy (non-hydrogen) atoms. The van der Waals surface area contributed by atoms with E-state index in [9.17, 15) is 9.59 Å². The van der Waals surface area contributed by atoms with Gasteiger partial charge in [0.05, 0.1) is 23.5 Å². The fourth-order valence-corrected chi connectivity index (χ4v) is 1.90. The summed E-state index contributed by atoms with van der Waals surface area (Å²) < 4.78 is 4.42. The highest BCUT2D eigenvalue weighted by Crippen LogP contribution is 2.25. The Kier molecular flexibility index (Phi) is 7.89. The van der Waals surface area contributed by atoms with Gasteiger partial charge in [0, 0.05) is 6.54 Å². The molecule has 1 fully saturated rings. The normalized spacial score (nSPS) is 13.8. The molecule has 1 saturated heterocycles. The molecule has 1 rings (SSSR count). The summed E-state index contributed by atoms with van der Waals surface area (Å²) in [5, 5.41) is 8.80. The van der Waals surface area contributed by atoms with Crippen LogP contribution in [0.15, 0.2) is 11.6 Å². The summed E-state index contributed by atoms with van der Waals surface area (Å²) in [5.74, 6) is 0.314. The number of carbonyl (C=O) groups excluding carboxylic acids is 2. The molecule has 0 bridgehead atoms. The van der Waals surface area contributed by atoms with Gasteiger partial charge in [-0.1, -0.05) is 18.3 Å². The Morgan fingerprint density at radius 3 is 2.59 bits per heavy atom. The Labute approximate surface area is 105 Å². The van der Waals surface area contributed by atoms with Crippen molar-refractivity contribution in [2.24, 2.45) is 0 Å². The monoisotopic (exact) mass is 256 g/mol. The molecule has 1 aliphatic rings. The topological polar surface area (TPSA) is 70.4 Å². The van der Waals surface area contributed by atoms with Crippen LogP contribution in [0.4, 0.5) is 0 Å². The van der Waals surface area contributed by atoms with E-state index < -0.39 is 5.97 Å². The summed E-state index contributed by atoms with van der Waals surface area (Å²) in [7, 11) is 0. The molecule has 0 atom stereocenters. The number of carbonyl (C=O) groups is 2. The average Bonchev–Trinajstić information content (AvgIpc) is 2.60. The second-order valence-electron chi connectivity index (χ2n) is 2.96. The third-order valence-electron chi connectivity index (χ3n) is 1.81. The summed E-state index contributed by atoms with van der Waals surface area (Å²) in [6.45, 7) is 8.48. The highest BCUT2D eigenvalue weighted by Gasteiger charge is 2.22. The van der Waals surface area contributed by atoms with Gasteiger partial charge in [0.15, 0.2) is 0 Å². The van der Waals surface area contributed by atoms with Gasteiger partial charge in [-0.05, 0) is 13.8 Å². The predicted molar refractivity (Wildman–Crippen MR) is 65.8 cm³/mol. The molecular formula is C11H16N2O3S. The number of hydrogen-bond acceptors (Lipinski definition) is 5. The molecule has 0 radical (unpaired) electrons. The number of hydrogen-bond donors (Lipinski definition) is 0. The van der Waals surface area contributed by atoms with E-state index in [1.54, 1.807) is 17.9 Å². The van der Waals surface area contributed by atoms with Crippen LogP contribution in [0.1, 0.15) is 20.3 Å². The zero-order chi connectivity index (χ0) is 13.3. The molecule has 5 nitrogen and oxygen atoms in total. The summed E-state index contributed by atoms with van der Waals surface area (Å²) in [5.41, 5.74) is 0. The Balaban J connectivity index is 0.000000304. The van der Waals surface area contributed by atoms with Gasteiger partial charge in [0.2, 0.25) is 5.91 Å². The number of rotatable bonds is 3. The molecule has 0 aromatic carbocycles. The van der Waals surface area contributed by atoms with Gasteiger partial charge in [-0.15, -0.1) is 0 Å². The van der Waals surface area contributed by atoms with Gasteiger partial charge in [0.1, 0.15) is 6.42 Å². The molecule has 0 aromatic rings. The summed E-state index contributed by atoms with van der Waals surface area (Å²) in [6.07, 6.45) is -0.145. The lowest BCUT2D eigenvalue weighted by Gasteiger charge is -2.11. The molecule has 0 aliphatic carbocycles.